The number of nitrogens with one attached hydrogen (secondary N) is 1. The summed E-state index contributed by atoms with van der Waals surface area (Å²) in [5, 5.41) is 16.0. The van der Waals surface area contributed by atoms with E-state index >= 15 is 0 Å². The number of aliphatic imine (C=N–C) groups is 1. The molecule has 2 aliphatic rings. The van der Waals surface area contributed by atoms with E-state index in [9.17, 15) is 4.79 Å². The SMILES string of the molecule is CCc1ccccc1-n1c(C)cc(C=C2C(=N)N3N=C(c4ccccc4C)SC3=NC2=O)c1C. The molecule has 1 amide bonds. The minimum absolute atomic E-state index is 0.0462. The average Bonchev–Trinajstić information content (AvgIpc) is 3.37. The van der Waals surface area contributed by atoms with Crippen LogP contribution in [0.4, 0.5) is 0 Å². The summed E-state index contributed by atoms with van der Waals surface area (Å²) in [6.45, 7) is 8.26. The number of nitrogens with zero attached hydrogens (tertiary/aromatic N) is 4. The fourth-order valence-corrected chi connectivity index (χ4v) is 5.38. The summed E-state index contributed by atoms with van der Waals surface area (Å²) in [7, 11) is 0. The number of hydrazone groups is 1. The summed E-state index contributed by atoms with van der Waals surface area (Å²) >= 11 is 1.32. The lowest BCUT2D eigenvalue weighted by atomic mass is 10.1. The van der Waals surface area contributed by atoms with Crippen LogP contribution in [0.15, 0.2) is 70.3 Å². The fraction of sp³-hybridized carbons (Fsp3) is 0.185. The molecule has 1 N–H and O–H groups in total. The lowest BCUT2D eigenvalue weighted by molar-refractivity contribution is -0.114. The van der Waals surface area contributed by atoms with Crippen molar-refractivity contribution in [3.05, 3.63) is 93.8 Å². The second-order valence-electron chi connectivity index (χ2n) is 8.38. The number of amides is 1. The second kappa shape index (κ2) is 8.57. The van der Waals surface area contributed by atoms with Gasteiger partial charge in [-0.1, -0.05) is 49.4 Å². The molecule has 0 aliphatic carbocycles. The van der Waals surface area contributed by atoms with Crippen molar-refractivity contribution in [1.82, 2.24) is 9.58 Å². The van der Waals surface area contributed by atoms with E-state index in [-0.39, 0.29) is 11.4 Å². The molecule has 0 atom stereocenters. The highest BCUT2D eigenvalue weighted by Gasteiger charge is 2.36. The summed E-state index contributed by atoms with van der Waals surface area (Å²) < 4.78 is 2.21. The predicted octanol–water partition coefficient (Wildman–Crippen LogP) is 5.63. The number of carbonyl (C=O) groups is 1. The average molecular weight is 468 g/mol. The van der Waals surface area contributed by atoms with Crippen LogP contribution in [-0.4, -0.2) is 31.5 Å². The molecule has 34 heavy (non-hydrogen) atoms. The van der Waals surface area contributed by atoms with Crippen LogP contribution < -0.4 is 0 Å². The zero-order chi connectivity index (χ0) is 24.0. The molecule has 0 bridgehead atoms. The molecule has 1 aromatic heterocycles. The molecule has 0 saturated carbocycles. The van der Waals surface area contributed by atoms with Crippen molar-refractivity contribution in [3.8, 4) is 5.69 Å². The van der Waals surface area contributed by atoms with E-state index in [0.29, 0.717) is 5.17 Å². The van der Waals surface area contributed by atoms with Gasteiger partial charge in [0.1, 0.15) is 5.04 Å². The molecule has 3 aromatic rings. The van der Waals surface area contributed by atoms with Crippen molar-refractivity contribution in [3.63, 3.8) is 0 Å². The summed E-state index contributed by atoms with van der Waals surface area (Å²) in [5.41, 5.74) is 7.68. The summed E-state index contributed by atoms with van der Waals surface area (Å²) in [4.78, 5) is 17.2. The lowest BCUT2D eigenvalue weighted by Gasteiger charge is -2.20. The molecule has 170 valence electrons. The Hall–Kier alpha value is -3.71. The maximum Gasteiger partial charge on any atom is 0.283 e. The molecule has 5 rings (SSSR count). The van der Waals surface area contributed by atoms with Crippen LogP contribution in [-0.2, 0) is 11.2 Å². The van der Waals surface area contributed by atoms with Gasteiger partial charge in [0, 0.05) is 22.6 Å². The number of fused-ring (bicyclic) bond motifs is 1. The number of benzene rings is 2. The molecular formula is C27H25N5OS. The van der Waals surface area contributed by atoms with E-state index in [0.717, 1.165) is 45.2 Å². The predicted molar refractivity (Wildman–Crippen MR) is 140 cm³/mol. The quantitative estimate of drug-likeness (QED) is 0.505. The standard InChI is InChI=1S/C27H25N5OS/c1-5-19-11-7-9-13-23(19)31-17(3)14-20(18(31)4)15-22-24(28)32-27(29-25(22)33)34-26(30-32)21-12-8-6-10-16(21)2/h6-15,28H,5H2,1-4H3. The minimum Gasteiger partial charge on any atom is -0.318 e. The molecule has 3 heterocycles. The third-order valence-electron chi connectivity index (χ3n) is 6.21. The summed E-state index contributed by atoms with van der Waals surface area (Å²) in [6, 6.07) is 18.3. The highest BCUT2D eigenvalue weighted by atomic mass is 32.2. The first kappa shape index (κ1) is 22.1. The number of rotatable bonds is 4. The lowest BCUT2D eigenvalue weighted by Crippen LogP contribution is -2.35. The maximum atomic E-state index is 12.9. The van der Waals surface area contributed by atoms with Crippen LogP contribution in [0.2, 0.25) is 0 Å². The minimum atomic E-state index is -0.413. The second-order valence-corrected chi connectivity index (χ2v) is 9.34. The molecule has 2 aromatic carbocycles. The van der Waals surface area contributed by atoms with Crippen molar-refractivity contribution in [2.45, 2.75) is 34.1 Å². The van der Waals surface area contributed by atoms with E-state index in [1.54, 1.807) is 6.08 Å². The van der Waals surface area contributed by atoms with Gasteiger partial charge in [-0.2, -0.15) is 15.1 Å². The van der Waals surface area contributed by atoms with Gasteiger partial charge in [-0.25, -0.2) is 0 Å². The molecule has 0 spiro atoms. The van der Waals surface area contributed by atoms with Crippen molar-refractivity contribution in [1.29, 1.82) is 5.41 Å². The number of aryl methyl sites for hydroxylation is 3. The number of hydrogen-bond acceptors (Lipinski definition) is 4. The first-order valence-corrected chi connectivity index (χ1v) is 12.0. The Morgan fingerprint density at radius 2 is 1.79 bits per heavy atom. The van der Waals surface area contributed by atoms with Gasteiger partial charge < -0.3 is 4.57 Å². The maximum absolute atomic E-state index is 12.9. The van der Waals surface area contributed by atoms with Crippen molar-refractivity contribution >= 4 is 39.8 Å². The van der Waals surface area contributed by atoms with Crippen LogP contribution >= 0.6 is 11.8 Å². The largest absolute Gasteiger partial charge is 0.318 e. The van der Waals surface area contributed by atoms with Gasteiger partial charge in [-0.05, 0) is 73.9 Å². The Morgan fingerprint density at radius 1 is 1.06 bits per heavy atom. The Morgan fingerprint density at radius 3 is 2.56 bits per heavy atom. The van der Waals surface area contributed by atoms with E-state index < -0.39 is 5.91 Å². The number of hydrogen-bond donors (Lipinski definition) is 1. The zero-order valence-electron chi connectivity index (χ0n) is 19.6. The number of carbonyl (C=O) groups excluding carboxylic acids is 1. The Kier molecular flexibility index (Phi) is 5.57. The van der Waals surface area contributed by atoms with Crippen LogP contribution in [0.1, 0.15) is 40.6 Å². The highest BCUT2D eigenvalue weighted by Crippen LogP contribution is 2.33. The molecule has 0 radical (unpaired) electrons. The summed E-state index contributed by atoms with van der Waals surface area (Å²) in [6.07, 6.45) is 2.70. The molecule has 7 heteroatoms. The molecule has 0 unspecified atom stereocenters. The van der Waals surface area contributed by atoms with E-state index in [4.69, 9.17) is 5.41 Å². The Balaban J connectivity index is 1.53. The molecule has 0 fully saturated rings. The summed E-state index contributed by atoms with van der Waals surface area (Å²) in [5.74, 6) is -0.367. The van der Waals surface area contributed by atoms with Gasteiger partial charge in [0.15, 0.2) is 5.84 Å². The Bertz CT molecular complexity index is 1440. The Labute approximate surface area is 203 Å². The van der Waals surface area contributed by atoms with Gasteiger partial charge in [-0.3, -0.25) is 10.2 Å². The van der Waals surface area contributed by atoms with Gasteiger partial charge in [0.2, 0.25) is 5.17 Å². The topological polar surface area (TPSA) is 73.8 Å². The third kappa shape index (κ3) is 3.62. The smallest absolute Gasteiger partial charge is 0.283 e. The van der Waals surface area contributed by atoms with E-state index in [1.165, 1.54) is 22.3 Å². The number of aromatic nitrogens is 1. The zero-order valence-corrected chi connectivity index (χ0v) is 20.4. The highest BCUT2D eigenvalue weighted by molar-refractivity contribution is 8.27. The van der Waals surface area contributed by atoms with Crippen LogP contribution in [0.25, 0.3) is 11.8 Å². The monoisotopic (exact) mass is 467 g/mol. The van der Waals surface area contributed by atoms with E-state index in [2.05, 4.69) is 52.8 Å². The molecule has 2 aliphatic heterocycles. The van der Waals surface area contributed by atoms with Crippen molar-refractivity contribution in [2.75, 3.05) is 0 Å². The van der Waals surface area contributed by atoms with Crippen molar-refractivity contribution < 1.29 is 4.79 Å². The normalized spacial score (nSPS) is 16.7. The van der Waals surface area contributed by atoms with E-state index in [1.807, 2.05) is 44.2 Å². The molecule has 6 nitrogen and oxygen atoms in total. The van der Waals surface area contributed by atoms with Gasteiger partial charge in [0.25, 0.3) is 5.91 Å². The number of thioether (sulfide) groups is 1. The van der Waals surface area contributed by atoms with Gasteiger partial charge in [0.05, 0.1) is 5.57 Å². The van der Waals surface area contributed by atoms with Crippen LogP contribution in [0.3, 0.4) is 0 Å². The van der Waals surface area contributed by atoms with Gasteiger partial charge in [-0.15, -0.1) is 0 Å². The molecular weight excluding hydrogens is 442 g/mol. The van der Waals surface area contributed by atoms with Crippen molar-refractivity contribution in [2.24, 2.45) is 10.1 Å². The molecule has 0 saturated heterocycles. The number of para-hydroxylation sites is 1. The number of amidine groups is 2. The van der Waals surface area contributed by atoms with Gasteiger partial charge >= 0.3 is 0 Å². The van der Waals surface area contributed by atoms with Crippen LogP contribution in [0.5, 0.6) is 0 Å². The third-order valence-corrected chi connectivity index (χ3v) is 7.16. The fourth-order valence-electron chi connectivity index (χ4n) is 4.40. The first-order valence-electron chi connectivity index (χ1n) is 11.2. The first-order chi connectivity index (χ1) is 16.4. The van der Waals surface area contributed by atoms with Crippen LogP contribution in [0, 0.1) is 26.2 Å².